The lowest BCUT2D eigenvalue weighted by atomic mass is 10.2. The van der Waals surface area contributed by atoms with Gasteiger partial charge in [-0.2, -0.15) is 10.2 Å². The Morgan fingerprint density at radius 3 is 2.12 bits per heavy atom. The lowest BCUT2D eigenvalue weighted by Gasteiger charge is -1.90. The van der Waals surface area contributed by atoms with Crippen molar-refractivity contribution in [2.45, 2.75) is 0 Å². The van der Waals surface area contributed by atoms with Gasteiger partial charge in [-0.25, -0.2) is 0 Å². The number of pyridine rings is 1. The number of hydrogen-bond donors (Lipinski definition) is 0. The van der Waals surface area contributed by atoms with Gasteiger partial charge in [-0.05, 0) is 24.3 Å². The Bertz CT molecular complexity index is 445. The van der Waals surface area contributed by atoms with Crippen molar-refractivity contribution in [3.05, 3.63) is 67.1 Å². The maximum Gasteiger partial charge on any atom is 0.0929 e. The zero-order chi connectivity index (χ0) is 11.1. The van der Waals surface area contributed by atoms with Gasteiger partial charge in [0.05, 0.1) is 11.7 Å². The third-order valence-electron chi connectivity index (χ3n) is 1.99. The number of fused-ring (bicyclic) bond motifs is 1. The number of rotatable bonds is 0. The van der Waals surface area contributed by atoms with Crippen molar-refractivity contribution in [1.29, 1.82) is 0 Å². The van der Waals surface area contributed by atoms with Crippen LogP contribution in [-0.2, 0) is 0 Å². The van der Waals surface area contributed by atoms with Crippen LogP contribution in [0.2, 0.25) is 0 Å². The number of hydrogen-bond acceptors (Lipinski definition) is 3. The van der Waals surface area contributed by atoms with Crippen LogP contribution in [0.3, 0.4) is 0 Å². The Morgan fingerprint density at radius 1 is 0.688 bits per heavy atom. The number of aromatic nitrogens is 3. The highest BCUT2D eigenvalue weighted by Crippen LogP contribution is 2.06. The quantitative estimate of drug-likeness (QED) is 0.571. The number of benzene rings is 1. The van der Waals surface area contributed by atoms with Gasteiger partial charge in [0.1, 0.15) is 0 Å². The SMILES string of the molecule is c1ccc2nnccc2c1.c1ccncc1. The molecule has 0 spiro atoms. The van der Waals surface area contributed by atoms with Crippen LogP contribution in [0.5, 0.6) is 0 Å². The Morgan fingerprint density at radius 2 is 1.50 bits per heavy atom. The molecule has 0 radical (unpaired) electrons. The van der Waals surface area contributed by atoms with E-state index in [9.17, 15) is 0 Å². The first-order valence-electron chi connectivity index (χ1n) is 4.98. The van der Waals surface area contributed by atoms with Crippen LogP contribution in [0.1, 0.15) is 0 Å². The van der Waals surface area contributed by atoms with Crippen molar-refractivity contribution < 1.29 is 0 Å². The summed E-state index contributed by atoms with van der Waals surface area (Å²) < 4.78 is 0. The molecule has 0 N–H and O–H groups in total. The third kappa shape index (κ3) is 2.85. The summed E-state index contributed by atoms with van der Waals surface area (Å²) in [7, 11) is 0. The van der Waals surface area contributed by atoms with Gasteiger partial charge in [-0.1, -0.05) is 24.3 Å². The smallest absolute Gasteiger partial charge is 0.0929 e. The molecule has 0 atom stereocenters. The normalized spacial score (nSPS) is 9.25. The molecule has 0 aliphatic carbocycles. The monoisotopic (exact) mass is 209 g/mol. The Balaban J connectivity index is 0.000000138. The molecule has 0 aliphatic rings. The predicted molar refractivity (Wildman–Crippen MR) is 63.8 cm³/mol. The van der Waals surface area contributed by atoms with Gasteiger partial charge in [-0.3, -0.25) is 4.98 Å². The first-order chi connectivity index (χ1) is 7.97. The minimum atomic E-state index is 0.949. The van der Waals surface area contributed by atoms with Gasteiger partial charge < -0.3 is 0 Å². The van der Waals surface area contributed by atoms with Gasteiger partial charge in [0.25, 0.3) is 0 Å². The Kier molecular flexibility index (Phi) is 3.55. The molecule has 3 rings (SSSR count). The molecule has 16 heavy (non-hydrogen) atoms. The first-order valence-corrected chi connectivity index (χ1v) is 4.98. The molecule has 0 amide bonds. The van der Waals surface area contributed by atoms with Gasteiger partial charge in [0, 0.05) is 17.8 Å². The maximum absolute atomic E-state index is 3.93. The van der Waals surface area contributed by atoms with Crippen LogP contribution in [0, 0.1) is 0 Å². The van der Waals surface area contributed by atoms with E-state index >= 15 is 0 Å². The van der Waals surface area contributed by atoms with Crippen molar-refractivity contribution >= 4 is 10.9 Å². The lowest BCUT2D eigenvalue weighted by Crippen LogP contribution is -1.79. The average molecular weight is 209 g/mol. The van der Waals surface area contributed by atoms with E-state index < -0.39 is 0 Å². The van der Waals surface area contributed by atoms with Gasteiger partial charge in [0.2, 0.25) is 0 Å². The van der Waals surface area contributed by atoms with E-state index in [1.165, 1.54) is 0 Å². The summed E-state index contributed by atoms with van der Waals surface area (Å²) in [6.45, 7) is 0. The van der Waals surface area contributed by atoms with Crippen molar-refractivity contribution in [2.24, 2.45) is 0 Å². The summed E-state index contributed by atoms with van der Waals surface area (Å²) in [6.07, 6.45) is 5.20. The first kappa shape index (κ1) is 10.2. The molecule has 2 heterocycles. The number of nitrogens with zero attached hydrogens (tertiary/aromatic N) is 3. The second-order valence-corrected chi connectivity index (χ2v) is 3.11. The molecule has 78 valence electrons. The summed E-state index contributed by atoms with van der Waals surface area (Å²) >= 11 is 0. The standard InChI is InChI=1S/C8H6N2.C5H5N/c1-2-4-8-7(3-1)5-6-9-10-8;1-2-4-6-5-3-1/h1-6H;1-5H. The van der Waals surface area contributed by atoms with Crippen LogP contribution >= 0.6 is 0 Å². The topological polar surface area (TPSA) is 38.7 Å². The molecule has 0 unspecified atom stereocenters. The molecule has 3 nitrogen and oxygen atoms in total. The highest BCUT2D eigenvalue weighted by atomic mass is 15.1. The van der Waals surface area contributed by atoms with Crippen molar-refractivity contribution in [3.63, 3.8) is 0 Å². The van der Waals surface area contributed by atoms with E-state index in [4.69, 9.17) is 0 Å². The second kappa shape index (κ2) is 5.56. The van der Waals surface area contributed by atoms with E-state index in [-0.39, 0.29) is 0 Å². The molecule has 0 aliphatic heterocycles. The summed E-state index contributed by atoms with van der Waals surface area (Å²) in [6, 6.07) is 15.6. The summed E-state index contributed by atoms with van der Waals surface area (Å²) in [5, 5.41) is 8.83. The molecule has 0 bridgehead atoms. The predicted octanol–water partition coefficient (Wildman–Crippen LogP) is 2.71. The highest BCUT2D eigenvalue weighted by Gasteiger charge is 1.87. The van der Waals surface area contributed by atoms with E-state index in [2.05, 4.69) is 15.2 Å². The maximum atomic E-state index is 3.93. The van der Waals surface area contributed by atoms with E-state index in [1.807, 2.05) is 48.5 Å². The van der Waals surface area contributed by atoms with Crippen LogP contribution in [0.15, 0.2) is 67.1 Å². The molecule has 1 aromatic carbocycles. The van der Waals surface area contributed by atoms with Gasteiger partial charge in [-0.15, -0.1) is 0 Å². The molecule has 2 aromatic heterocycles. The van der Waals surface area contributed by atoms with Crippen molar-refractivity contribution in [1.82, 2.24) is 15.2 Å². The lowest BCUT2D eigenvalue weighted by molar-refractivity contribution is 1.08. The summed E-state index contributed by atoms with van der Waals surface area (Å²) in [4.78, 5) is 3.78. The molecule has 0 fully saturated rings. The molecular weight excluding hydrogens is 198 g/mol. The minimum absolute atomic E-state index is 0.949. The second-order valence-electron chi connectivity index (χ2n) is 3.11. The van der Waals surface area contributed by atoms with E-state index in [0.717, 1.165) is 10.9 Å². The largest absolute Gasteiger partial charge is 0.265 e. The highest BCUT2D eigenvalue weighted by molar-refractivity contribution is 5.77. The molecule has 0 saturated heterocycles. The molecule has 3 aromatic rings. The fraction of sp³-hybridized carbons (Fsp3) is 0. The van der Waals surface area contributed by atoms with E-state index in [0.29, 0.717) is 0 Å². The van der Waals surface area contributed by atoms with Gasteiger partial charge >= 0.3 is 0 Å². The van der Waals surface area contributed by atoms with Crippen LogP contribution in [-0.4, -0.2) is 15.2 Å². The van der Waals surface area contributed by atoms with Gasteiger partial charge in [0.15, 0.2) is 0 Å². The Labute approximate surface area is 93.8 Å². The van der Waals surface area contributed by atoms with Crippen molar-refractivity contribution in [3.8, 4) is 0 Å². The minimum Gasteiger partial charge on any atom is -0.265 e. The van der Waals surface area contributed by atoms with Crippen LogP contribution in [0.25, 0.3) is 10.9 Å². The van der Waals surface area contributed by atoms with Crippen molar-refractivity contribution in [2.75, 3.05) is 0 Å². The fourth-order valence-corrected chi connectivity index (χ4v) is 1.24. The van der Waals surface area contributed by atoms with E-state index in [1.54, 1.807) is 18.6 Å². The summed E-state index contributed by atoms with van der Waals surface area (Å²) in [5.74, 6) is 0. The molecular formula is C13H11N3. The fourth-order valence-electron chi connectivity index (χ4n) is 1.24. The molecule has 3 heteroatoms. The zero-order valence-electron chi connectivity index (χ0n) is 8.69. The summed E-state index contributed by atoms with van der Waals surface area (Å²) in [5.41, 5.74) is 0.949. The van der Waals surface area contributed by atoms with Crippen LogP contribution in [0.4, 0.5) is 0 Å². The van der Waals surface area contributed by atoms with Crippen LogP contribution < -0.4 is 0 Å². The average Bonchev–Trinajstić information content (AvgIpc) is 2.42. The third-order valence-corrected chi connectivity index (χ3v) is 1.99. The zero-order valence-corrected chi connectivity index (χ0v) is 8.69. The molecule has 0 saturated carbocycles. The Hall–Kier alpha value is -2.29.